The lowest BCUT2D eigenvalue weighted by molar-refractivity contribution is 0.101. The molecule has 2 amide bonds. The van der Waals surface area contributed by atoms with Crippen molar-refractivity contribution < 1.29 is 41.8 Å². The highest BCUT2D eigenvalue weighted by Crippen LogP contribution is 2.32. The number of hydrogen-bond donors (Lipinski definition) is 3. The fourth-order valence-electron chi connectivity index (χ4n) is 8.77. The Labute approximate surface area is 405 Å². The number of oxazole rings is 2. The standard InChI is InChI=1S/C26H31N9O4.C21H22F2N6O3/c1-32-6-7-35(15-18(32)16-36)24-19(12-21-23(30-24)31-26(39-21)34-8-10-38-11-9-34)25(37)29-22-5-3-4-20(28-22)17-13-27-33(2)14-17;22-17(23)14-4-3-5-16(24-14)25-20(30)13-12-15-18(26-19(13)28-6-1-2-7-28)27-21(32-15)29-8-10-31-11-9-29/h3-5,12-14,18,36H,6-11,15-16H2,1-2H3,(H,28,29,37);3-5,12,17H,1-2,6-11H2,(H,24,25,30). The zero-order valence-electron chi connectivity index (χ0n) is 39.2. The molecular weight excluding hydrogens is 925 g/mol. The third kappa shape index (κ3) is 10.5. The zero-order chi connectivity index (χ0) is 49.0. The van der Waals surface area contributed by atoms with Gasteiger partial charge in [0.25, 0.3) is 30.3 Å². The van der Waals surface area contributed by atoms with E-state index in [2.05, 4.69) is 45.6 Å². The van der Waals surface area contributed by atoms with E-state index < -0.39 is 18.0 Å². The van der Waals surface area contributed by atoms with Crippen LogP contribution in [0, 0.1) is 0 Å². The Morgan fingerprint density at radius 3 is 1.80 bits per heavy atom. The molecule has 4 saturated heterocycles. The Morgan fingerprint density at radius 2 is 1.25 bits per heavy atom. The quantitative estimate of drug-likeness (QED) is 0.162. The van der Waals surface area contributed by atoms with Crippen LogP contribution in [0.3, 0.4) is 0 Å². The van der Waals surface area contributed by atoms with Gasteiger partial charge < -0.3 is 53.6 Å². The van der Waals surface area contributed by atoms with E-state index in [1.807, 2.05) is 52.0 Å². The van der Waals surface area contributed by atoms with Crippen LogP contribution in [0.5, 0.6) is 0 Å². The van der Waals surface area contributed by atoms with Crippen molar-refractivity contribution in [2.24, 2.45) is 7.05 Å². The van der Waals surface area contributed by atoms with E-state index in [-0.39, 0.29) is 29.9 Å². The van der Waals surface area contributed by atoms with Crippen molar-refractivity contribution in [1.82, 2.24) is 44.6 Å². The van der Waals surface area contributed by atoms with Crippen LogP contribution in [0.15, 0.2) is 69.8 Å². The SMILES string of the molecule is CN1CCN(c2nc3nc(N4CCOCC4)oc3cc2C(=O)Nc2cccc(-c3cnn(C)c3)n2)CC1CO.O=C(Nc1cccc(C(F)F)n1)c1cc2oc(N3CCOCC3)nc2nc1N1CCCC1. The van der Waals surface area contributed by atoms with Crippen molar-refractivity contribution in [2.45, 2.75) is 25.3 Å². The lowest BCUT2D eigenvalue weighted by Gasteiger charge is -2.39. The van der Waals surface area contributed by atoms with Gasteiger partial charge in [0.05, 0.1) is 62.1 Å². The maximum Gasteiger partial charge on any atom is 0.300 e. The summed E-state index contributed by atoms with van der Waals surface area (Å²) in [5.74, 6) is 0.595. The number of pyridine rings is 4. The van der Waals surface area contributed by atoms with Gasteiger partial charge in [0, 0.05) is 89.8 Å². The summed E-state index contributed by atoms with van der Waals surface area (Å²) in [5, 5.41) is 19.7. The lowest BCUT2D eigenvalue weighted by atomic mass is 10.1. The van der Waals surface area contributed by atoms with Gasteiger partial charge in [-0.3, -0.25) is 19.2 Å². The molecule has 0 bridgehead atoms. The number of morpholine rings is 2. The molecule has 0 saturated carbocycles. The summed E-state index contributed by atoms with van der Waals surface area (Å²) in [6.07, 6.45) is 2.86. The van der Waals surface area contributed by atoms with Gasteiger partial charge in [-0.1, -0.05) is 12.1 Å². The number of amides is 2. The highest BCUT2D eigenvalue weighted by Gasteiger charge is 2.31. The molecule has 4 aliphatic heterocycles. The molecule has 7 aromatic heterocycles. The Balaban J connectivity index is 0.000000167. The Bertz CT molecular complexity index is 3000. The monoisotopic (exact) mass is 977 g/mol. The number of carbonyl (C=O) groups excluding carboxylic acids is 2. The number of rotatable bonds is 11. The van der Waals surface area contributed by atoms with Gasteiger partial charge in [-0.2, -0.15) is 15.1 Å². The number of nitrogens with zero attached hydrogens (tertiary/aromatic N) is 13. The van der Waals surface area contributed by atoms with E-state index in [4.69, 9.17) is 23.3 Å². The average Bonchev–Trinajstić information content (AvgIpc) is 4.24. The van der Waals surface area contributed by atoms with E-state index in [9.17, 15) is 23.5 Å². The number of likely N-dealkylation sites (N-methyl/N-ethyl adjacent to an activating group) is 1. The van der Waals surface area contributed by atoms with E-state index in [1.54, 1.807) is 29.1 Å². The Kier molecular flexibility index (Phi) is 13.9. The summed E-state index contributed by atoms with van der Waals surface area (Å²) in [7, 11) is 3.82. The lowest BCUT2D eigenvalue weighted by Crippen LogP contribution is -2.53. The number of hydrogen-bond acceptors (Lipinski definition) is 19. The first kappa shape index (κ1) is 47.3. The van der Waals surface area contributed by atoms with Crippen molar-refractivity contribution in [1.29, 1.82) is 0 Å². The van der Waals surface area contributed by atoms with Crippen molar-refractivity contribution in [3.8, 4) is 11.3 Å². The van der Waals surface area contributed by atoms with Crippen LogP contribution in [-0.2, 0) is 16.5 Å². The maximum atomic E-state index is 13.7. The van der Waals surface area contributed by atoms with Crippen LogP contribution >= 0.6 is 0 Å². The van der Waals surface area contributed by atoms with E-state index in [0.717, 1.165) is 38.0 Å². The summed E-state index contributed by atoms with van der Waals surface area (Å²) in [6, 6.07) is 13.7. The molecule has 24 heteroatoms. The van der Waals surface area contributed by atoms with Gasteiger partial charge in [0.1, 0.15) is 29.0 Å². The van der Waals surface area contributed by atoms with E-state index in [1.165, 1.54) is 18.2 Å². The minimum absolute atomic E-state index is 0.00691. The topological polar surface area (TPSA) is 235 Å². The Hall–Kier alpha value is -7.41. The molecule has 372 valence electrons. The van der Waals surface area contributed by atoms with Crippen molar-refractivity contribution in [3.05, 3.63) is 77.7 Å². The molecule has 3 N–H and O–H groups in total. The molecule has 1 atom stereocenters. The van der Waals surface area contributed by atoms with Crippen molar-refractivity contribution in [3.63, 3.8) is 0 Å². The summed E-state index contributed by atoms with van der Waals surface area (Å²) >= 11 is 0. The van der Waals surface area contributed by atoms with Crippen LogP contribution in [0.1, 0.15) is 45.7 Å². The second-order valence-electron chi connectivity index (χ2n) is 17.5. The molecule has 7 aromatic rings. The van der Waals surface area contributed by atoms with Gasteiger partial charge in [0.15, 0.2) is 11.2 Å². The van der Waals surface area contributed by atoms with Crippen LogP contribution in [0.4, 0.5) is 44.1 Å². The average molecular weight is 978 g/mol. The first-order valence-corrected chi connectivity index (χ1v) is 23.5. The van der Waals surface area contributed by atoms with Gasteiger partial charge in [-0.05, 0) is 44.2 Å². The van der Waals surface area contributed by atoms with Gasteiger partial charge in [0.2, 0.25) is 11.3 Å². The molecule has 4 aliphatic rings. The smallest absolute Gasteiger partial charge is 0.300 e. The summed E-state index contributed by atoms with van der Waals surface area (Å²) in [5.41, 5.74) is 3.44. The highest BCUT2D eigenvalue weighted by atomic mass is 19.3. The number of piperazine rings is 1. The predicted molar refractivity (Wildman–Crippen MR) is 258 cm³/mol. The molecule has 11 rings (SSSR count). The number of aliphatic hydroxyl groups is 1. The summed E-state index contributed by atoms with van der Waals surface area (Å²) < 4.78 is 50.4. The number of aliphatic hydroxyl groups excluding tert-OH is 1. The minimum Gasteiger partial charge on any atom is -0.422 e. The number of nitrogens with one attached hydrogen (secondary N) is 2. The number of ether oxygens (including phenoxy) is 2. The first-order valence-electron chi connectivity index (χ1n) is 23.5. The third-order valence-electron chi connectivity index (χ3n) is 12.7. The number of carbonyl (C=O) groups is 2. The van der Waals surface area contributed by atoms with Crippen molar-refractivity contribution in [2.75, 3.05) is 129 Å². The van der Waals surface area contributed by atoms with Gasteiger partial charge in [-0.15, -0.1) is 0 Å². The summed E-state index contributed by atoms with van der Waals surface area (Å²) in [4.78, 5) is 64.0. The molecule has 11 heterocycles. The molecule has 71 heavy (non-hydrogen) atoms. The number of fused-ring (bicyclic) bond motifs is 2. The van der Waals surface area contributed by atoms with Crippen molar-refractivity contribution >= 4 is 69.6 Å². The molecule has 0 aliphatic carbocycles. The van der Waals surface area contributed by atoms with Gasteiger partial charge in [-0.25, -0.2) is 28.7 Å². The number of anilines is 6. The maximum absolute atomic E-state index is 13.7. The Morgan fingerprint density at radius 1 is 0.690 bits per heavy atom. The fraction of sp³-hybridized carbons (Fsp3) is 0.426. The van der Waals surface area contributed by atoms with E-state index >= 15 is 0 Å². The van der Waals surface area contributed by atoms with Crippen LogP contribution in [0.25, 0.3) is 33.7 Å². The van der Waals surface area contributed by atoms with Crippen LogP contribution in [-0.4, -0.2) is 167 Å². The van der Waals surface area contributed by atoms with Gasteiger partial charge >= 0.3 is 0 Å². The predicted octanol–water partition coefficient (Wildman–Crippen LogP) is 4.46. The largest absolute Gasteiger partial charge is 0.422 e. The second-order valence-corrected chi connectivity index (χ2v) is 17.5. The minimum atomic E-state index is -2.72. The number of aromatic nitrogens is 8. The third-order valence-corrected chi connectivity index (χ3v) is 12.7. The molecule has 0 radical (unpaired) electrons. The second kappa shape index (κ2) is 20.9. The molecule has 22 nitrogen and oxygen atoms in total. The normalized spacial score (nSPS) is 17.8. The summed E-state index contributed by atoms with van der Waals surface area (Å²) in [6.45, 7) is 8.46. The molecule has 0 spiro atoms. The number of aryl methyl sites for hydroxylation is 1. The highest BCUT2D eigenvalue weighted by molar-refractivity contribution is 6.09. The first-order chi connectivity index (χ1) is 34.6. The molecular formula is C47H53F2N15O7. The molecule has 0 aromatic carbocycles. The zero-order valence-corrected chi connectivity index (χ0v) is 39.2. The molecule has 1 unspecified atom stereocenters. The number of alkyl halides is 2. The van der Waals surface area contributed by atoms with E-state index in [0.29, 0.717) is 129 Å². The van der Waals surface area contributed by atoms with Crippen LogP contribution < -0.4 is 30.2 Å². The molecule has 4 fully saturated rings. The fourth-order valence-corrected chi connectivity index (χ4v) is 8.77. The number of halogens is 2. The van der Waals surface area contributed by atoms with Crippen LogP contribution in [0.2, 0.25) is 0 Å².